The molecule has 0 spiro atoms. The molecule has 0 aromatic carbocycles. The molecule has 1 aliphatic carbocycles. The monoisotopic (exact) mass is 256 g/mol. The van der Waals surface area contributed by atoms with Crippen LogP contribution in [0.15, 0.2) is 0 Å². The number of ether oxygens (including phenoxy) is 1. The van der Waals surface area contributed by atoms with Crippen LogP contribution in [-0.4, -0.2) is 23.4 Å². The lowest BCUT2D eigenvalue weighted by Gasteiger charge is -2.43. The Morgan fingerprint density at radius 3 is 2.06 bits per heavy atom. The van der Waals surface area contributed by atoms with E-state index in [1.54, 1.807) is 0 Å². The fraction of sp³-hybridized carbons (Fsp3) is 1.00. The van der Waals surface area contributed by atoms with Crippen LogP contribution < -0.4 is 0 Å². The highest BCUT2D eigenvalue weighted by Crippen LogP contribution is 2.38. The van der Waals surface area contributed by atoms with Gasteiger partial charge in [0.1, 0.15) is 0 Å². The van der Waals surface area contributed by atoms with Gasteiger partial charge in [-0.1, -0.05) is 58.3 Å². The fourth-order valence-electron chi connectivity index (χ4n) is 2.93. The lowest BCUT2D eigenvalue weighted by atomic mass is 9.74. The number of hydrogen-bond acceptors (Lipinski definition) is 2. The molecule has 1 aliphatic rings. The molecule has 108 valence electrons. The Kier molecular flexibility index (Phi) is 7.92. The first kappa shape index (κ1) is 16.0. The van der Waals surface area contributed by atoms with Crippen molar-refractivity contribution in [3.63, 3.8) is 0 Å². The predicted molar refractivity (Wildman–Crippen MR) is 76.8 cm³/mol. The van der Waals surface area contributed by atoms with Gasteiger partial charge in [-0.2, -0.15) is 0 Å². The molecule has 0 bridgehead atoms. The molecule has 0 aromatic rings. The van der Waals surface area contributed by atoms with Crippen LogP contribution in [0.1, 0.15) is 84.5 Å². The van der Waals surface area contributed by atoms with Gasteiger partial charge in [-0.15, -0.1) is 0 Å². The Balaban J connectivity index is 1.86. The highest BCUT2D eigenvalue weighted by Gasteiger charge is 2.42. The molecule has 1 saturated carbocycles. The molecule has 0 aromatic heterocycles. The Morgan fingerprint density at radius 2 is 1.50 bits per heavy atom. The first-order valence-corrected chi connectivity index (χ1v) is 8.04. The zero-order valence-corrected chi connectivity index (χ0v) is 12.4. The Labute approximate surface area is 113 Å². The molecule has 0 radical (unpaired) electrons. The van der Waals surface area contributed by atoms with Crippen molar-refractivity contribution >= 4 is 0 Å². The first-order chi connectivity index (χ1) is 8.70. The molecule has 1 fully saturated rings. The number of unbranched alkanes of at least 4 members (excludes halogenated alkanes) is 7. The minimum Gasteiger partial charge on any atom is -0.390 e. The summed E-state index contributed by atoms with van der Waals surface area (Å²) in [6.07, 6.45) is 13.7. The van der Waals surface area contributed by atoms with Gasteiger partial charge < -0.3 is 9.84 Å². The van der Waals surface area contributed by atoms with E-state index in [4.69, 9.17) is 4.74 Å². The summed E-state index contributed by atoms with van der Waals surface area (Å²) in [6.45, 7) is 5.06. The summed E-state index contributed by atoms with van der Waals surface area (Å²) in [6, 6.07) is 0. The Hall–Kier alpha value is -0.0800. The van der Waals surface area contributed by atoms with E-state index < -0.39 is 0 Å². The Bertz CT molecular complexity index is 197. The van der Waals surface area contributed by atoms with Crippen LogP contribution in [0, 0.1) is 0 Å². The fourth-order valence-corrected chi connectivity index (χ4v) is 2.93. The minimum absolute atomic E-state index is 0.328. The summed E-state index contributed by atoms with van der Waals surface area (Å²) in [5, 5.41) is 10.2. The van der Waals surface area contributed by atoms with Gasteiger partial charge >= 0.3 is 0 Å². The quantitative estimate of drug-likeness (QED) is 0.553. The van der Waals surface area contributed by atoms with Crippen molar-refractivity contribution in [2.24, 2.45) is 0 Å². The lowest BCUT2D eigenvalue weighted by Crippen LogP contribution is -2.48. The normalized spacial score (nSPS) is 27.2. The van der Waals surface area contributed by atoms with Gasteiger partial charge in [0.25, 0.3) is 0 Å². The van der Waals surface area contributed by atoms with Crippen LogP contribution in [-0.2, 0) is 4.74 Å². The second kappa shape index (κ2) is 8.92. The standard InChI is InChI=1S/C16H32O2/c1-3-5-6-7-8-9-10-11-12-16(17)13-15(14-16)18-4-2/h15,17H,3-14H2,1-2H3. The maximum absolute atomic E-state index is 10.2. The molecule has 0 aliphatic heterocycles. The summed E-state index contributed by atoms with van der Waals surface area (Å²) >= 11 is 0. The topological polar surface area (TPSA) is 29.5 Å². The van der Waals surface area contributed by atoms with Crippen LogP contribution in [0.2, 0.25) is 0 Å². The molecular weight excluding hydrogens is 224 g/mol. The highest BCUT2D eigenvalue weighted by atomic mass is 16.5. The summed E-state index contributed by atoms with van der Waals surface area (Å²) in [5.74, 6) is 0. The molecule has 0 saturated heterocycles. The average molecular weight is 256 g/mol. The zero-order valence-electron chi connectivity index (χ0n) is 12.4. The maximum Gasteiger partial charge on any atom is 0.0697 e. The summed E-state index contributed by atoms with van der Waals surface area (Å²) in [7, 11) is 0. The van der Waals surface area contributed by atoms with Gasteiger partial charge in [0, 0.05) is 19.4 Å². The van der Waals surface area contributed by atoms with Gasteiger partial charge in [0.2, 0.25) is 0 Å². The van der Waals surface area contributed by atoms with E-state index in [9.17, 15) is 5.11 Å². The van der Waals surface area contributed by atoms with Crippen molar-refractivity contribution < 1.29 is 9.84 Å². The van der Waals surface area contributed by atoms with Crippen molar-refractivity contribution in [2.45, 2.75) is 96.2 Å². The zero-order chi connectivity index (χ0) is 13.3. The molecule has 2 nitrogen and oxygen atoms in total. The van der Waals surface area contributed by atoms with Gasteiger partial charge in [0.15, 0.2) is 0 Å². The SMILES string of the molecule is CCCCCCCCCCC1(O)CC(OCC)C1. The van der Waals surface area contributed by atoms with Crippen LogP contribution in [0.5, 0.6) is 0 Å². The van der Waals surface area contributed by atoms with Crippen LogP contribution in [0.25, 0.3) is 0 Å². The number of rotatable bonds is 11. The summed E-state index contributed by atoms with van der Waals surface area (Å²) in [5.41, 5.74) is -0.387. The molecule has 2 heteroatoms. The average Bonchev–Trinajstić information content (AvgIpc) is 2.31. The molecule has 0 amide bonds. The first-order valence-electron chi connectivity index (χ1n) is 8.04. The van der Waals surface area contributed by atoms with Crippen LogP contribution in [0.3, 0.4) is 0 Å². The summed E-state index contributed by atoms with van der Waals surface area (Å²) in [4.78, 5) is 0. The number of aliphatic hydroxyl groups is 1. The molecule has 1 N–H and O–H groups in total. The second-order valence-electron chi connectivity index (χ2n) is 5.93. The van der Waals surface area contributed by atoms with E-state index in [0.29, 0.717) is 6.10 Å². The second-order valence-corrected chi connectivity index (χ2v) is 5.93. The molecular formula is C16H32O2. The third-order valence-corrected chi connectivity index (χ3v) is 4.11. The van der Waals surface area contributed by atoms with Crippen molar-refractivity contribution in [2.75, 3.05) is 6.61 Å². The third kappa shape index (κ3) is 6.19. The van der Waals surface area contributed by atoms with Gasteiger partial charge in [-0.25, -0.2) is 0 Å². The van der Waals surface area contributed by atoms with E-state index in [2.05, 4.69) is 6.92 Å². The van der Waals surface area contributed by atoms with E-state index in [1.165, 1.54) is 51.4 Å². The highest BCUT2D eigenvalue weighted by molar-refractivity contribution is 4.94. The van der Waals surface area contributed by atoms with Crippen molar-refractivity contribution in [1.29, 1.82) is 0 Å². The van der Waals surface area contributed by atoms with Gasteiger partial charge in [0.05, 0.1) is 11.7 Å². The Morgan fingerprint density at radius 1 is 0.944 bits per heavy atom. The summed E-state index contributed by atoms with van der Waals surface area (Å²) < 4.78 is 5.50. The minimum atomic E-state index is -0.387. The molecule has 1 rings (SSSR count). The van der Waals surface area contributed by atoms with E-state index in [0.717, 1.165) is 25.9 Å². The predicted octanol–water partition coefficient (Wildman–Crippen LogP) is 4.45. The molecule has 0 unspecified atom stereocenters. The van der Waals surface area contributed by atoms with Gasteiger partial charge in [-0.3, -0.25) is 0 Å². The number of hydrogen-bond donors (Lipinski definition) is 1. The van der Waals surface area contributed by atoms with E-state index >= 15 is 0 Å². The van der Waals surface area contributed by atoms with E-state index in [1.807, 2.05) is 6.92 Å². The molecule has 18 heavy (non-hydrogen) atoms. The third-order valence-electron chi connectivity index (χ3n) is 4.11. The van der Waals surface area contributed by atoms with Crippen molar-refractivity contribution in [3.05, 3.63) is 0 Å². The smallest absolute Gasteiger partial charge is 0.0697 e. The molecule has 0 heterocycles. The van der Waals surface area contributed by atoms with Crippen molar-refractivity contribution in [3.8, 4) is 0 Å². The maximum atomic E-state index is 10.2. The van der Waals surface area contributed by atoms with Crippen LogP contribution >= 0.6 is 0 Å². The van der Waals surface area contributed by atoms with Crippen molar-refractivity contribution in [1.82, 2.24) is 0 Å². The van der Waals surface area contributed by atoms with Crippen LogP contribution in [0.4, 0.5) is 0 Å². The van der Waals surface area contributed by atoms with E-state index in [-0.39, 0.29) is 5.60 Å². The largest absolute Gasteiger partial charge is 0.390 e. The lowest BCUT2D eigenvalue weighted by molar-refractivity contribution is -0.141. The molecule has 0 atom stereocenters. The van der Waals surface area contributed by atoms with Gasteiger partial charge in [-0.05, 0) is 13.3 Å².